The van der Waals surface area contributed by atoms with E-state index in [0.717, 1.165) is 38.6 Å². The van der Waals surface area contributed by atoms with Gasteiger partial charge in [0.05, 0.1) is 12.2 Å². The minimum Gasteiger partial charge on any atom is -0.381 e. The van der Waals surface area contributed by atoms with E-state index in [1.165, 1.54) is 0 Å². The van der Waals surface area contributed by atoms with Crippen molar-refractivity contribution in [3.63, 3.8) is 0 Å². The Balaban J connectivity index is 1.91. The summed E-state index contributed by atoms with van der Waals surface area (Å²) in [4.78, 5) is 6.66. The maximum atomic E-state index is 5.69. The molecule has 0 aromatic rings. The van der Waals surface area contributed by atoms with E-state index in [0.29, 0.717) is 12.0 Å². The summed E-state index contributed by atoms with van der Waals surface area (Å²) in [5.41, 5.74) is 0.0381. The third-order valence-corrected chi connectivity index (χ3v) is 5.71. The summed E-state index contributed by atoms with van der Waals surface area (Å²) in [6, 6.07) is 0.392. The van der Waals surface area contributed by atoms with E-state index in [-0.39, 0.29) is 11.0 Å². The molecule has 1 aliphatic heterocycles. The summed E-state index contributed by atoms with van der Waals surface area (Å²) in [5.74, 6) is 1.59. The molecular weight excluding hydrogens is 266 g/mol. The molecule has 122 valence electrons. The molecule has 0 radical (unpaired) electrons. The molecule has 2 aliphatic rings. The summed E-state index contributed by atoms with van der Waals surface area (Å²) >= 11 is 0. The Morgan fingerprint density at radius 1 is 1.43 bits per heavy atom. The molecule has 2 rings (SSSR count). The van der Waals surface area contributed by atoms with Crippen molar-refractivity contribution in [2.45, 2.75) is 45.3 Å². The van der Waals surface area contributed by atoms with E-state index in [4.69, 9.17) is 9.47 Å². The first-order valence-electron chi connectivity index (χ1n) is 7.91. The van der Waals surface area contributed by atoms with Gasteiger partial charge in [-0.25, -0.2) is 0 Å². The molecule has 3 atom stereocenters. The number of guanidine groups is 1. The number of nitrogens with one attached hydrogen (secondary N) is 1. The first kappa shape index (κ1) is 16.6. The maximum absolute atomic E-state index is 5.69. The van der Waals surface area contributed by atoms with Crippen LogP contribution in [0.2, 0.25) is 0 Å². The highest BCUT2D eigenvalue weighted by molar-refractivity contribution is 5.80. The summed E-state index contributed by atoms with van der Waals surface area (Å²) in [6.07, 6.45) is 2.16. The van der Waals surface area contributed by atoms with Gasteiger partial charge in [0, 0.05) is 51.7 Å². The molecule has 5 nitrogen and oxygen atoms in total. The highest BCUT2D eigenvalue weighted by Gasteiger charge is 2.58. The van der Waals surface area contributed by atoms with Gasteiger partial charge in [0.25, 0.3) is 0 Å². The second kappa shape index (κ2) is 6.13. The van der Waals surface area contributed by atoms with Gasteiger partial charge in [0.2, 0.25) is 0 Å². The number of rotatable bonds is 4. The lowest BCUT2D eigenvalue weighted by atomic mass is 9.56. The minimum atomic E-state index is -0.0542. The third kappa shape index (κ3) is 3.04. The lowest BCUT2D eigenvalue weighted by Gasteiger charge is -2.59. The highest BCUT2D eigenvalue weighted by atomic mass is 16.5. The largest absolute Gasteiger partial charge is 0.381 e. The second-order valence-electron chi connectivity index (χ2n) is 7.22. The van der Waals surface area contributed by atoms with Crippen molar-refractivity contribution in [1.29, 1.82) is 0 Å². The van der Waals surface area contributed by atoms with Crippen LogP contribution in [-0.4, -0.2) is 63.5 Å². The Labute approximate surface area is 129 Å². The van der Waals surface area contributed by atoms with Crippen LogP contribution in [0, 0.1) is 11.3 Å². The Morgan fingerprint density at radius 2 is 2.14 bits per heavy atom. The molecule has 1 saturated heterocycles. The van der Waals surface area contributed by atoms with Crippen molar-refractivity contribution in [3.8, 4) is 0 Å². The molecule has 0 aromatic carbocycles. The molecule has 0 spiro atoms. The fourth-order valence-electron chi connectivity index (χ4n) is 3.43. The van der Waals surface area contributed by atoms with Crippen LogP contribution < -0.4 is 5.32 Å². The lowest BCUT2D eigenvalue weighted by molar-refractivity contribution is -0.176. The Bertz CT molecular complexity index is 391. The number of hydrogen-bond acceptors (Lipinski definition) is 3. The van der Waals surface area contributed by atoms with Gasteiger partial charge in [0.15, 0.2) is 5.96 Å². The van der Waals surface area contributed by atoms with Crippen LogP contribution in [0.4, 0.5) is 0 Å². The minimum absolute atomic E-state index is 0.0542. The predicted octanol–water partition coefficient (Wildman–Crippen LogP) is 1.73. The SMILES string of the molecule is CN=C(NC1CC(C)(OC)C1(C)C)N(C)CC1CCOC1. The van der Waals surface area contributed by atoms with Crippen LogP contribution in [0.5, 0.6) is 0 Å². The summed E-state index contributed by atoms with van der Waals surface area (Å²) in [5, 5.41) is 3.61. The van der Waals surface area contributed by atoms with Gasteiger partial charge in [-0.15, -0.1) is 0 Å². The Hall–Kier alpha value is -0.810. The fourth-order valence-corrected chi connectivity index (χ4v) is 3.43. The van der Waals surface area contributed by atoms with E-state index in [9.17, 15) is 0 Å². The first-order chi connectivity index (χ1) is 9.84. The van der Waals surface area contributed by atoms with Crippen molar-refractivity contribution >= 4 is 5.96 Å². The number of aliphatic imine (C=N–C) groups is 1. The number of methoxy groups -OCH3 is 1. The van der Waals surface area contributed by atoms with E-state index in [1.54, 1.807) is 7.11 Å². The number of nitrogens with zero attached hydrogens (tertiary/aromatic N) is 2. The topological polar surface area (TPSA) is 46.1 Å². The number of ether oxygens (including phenoxy) is 2. The molecule has 0 bridgehead atoms. The molecule has 0 amide bonds. The zero-order valence-electron chi connectivity index (χ0n) is 14.4. The van der Waals surface area contributed by atoms with Crippen molar-refractivity contribution in [1.82, 2.24) is 10.2 Å². The molecule has 5 heteroatoms. The van der Waals surface area contributed by atoms with E-state index >= 15 is 0 Å². The van der Waals surface area contributed by atoms with Crippen LogP contribution in [-0.2, 0) is 9.47 Å². The van der Waals surface area contributed by atoms with Gasteiger partial charge in [-0.2, -0.15) is 0 Å². The molecule has 21 heavy (non-hydrogen) atoms. The van der Waals surface area contributed by atoms with Gasteiger partial charge in [-0.05, 0) is 19.8 Å². The maximum Gasteiger partial charge on any atom is 0.193 e. The molecule has 1 heterocycles. The standard InChI is InChI=1S/C16H31N3O2/c1-15(2)13(9-16(15,3)20-6)18-14(17-4)19(5)10-12-7-8-21-11-12/h12-13H,7-11H2,1-6H3,(H,17,18). The van der Waals surface area contributed by atoms with Crippen LogP contribution in [0.1, 0.15) is 33.6 Å². The van der Waals surface area contributed by atoms with Crippen molar-refractivity contribution in [2.75, 3.05) is 41.0 Å². The summed E-state index contributed by atoms with van der Waals surface area (Å²) in [6.45, 7) is 9.47. The van der Waals surface area contributed by atoms with Crippen molar-refractivity contribution in [3.05, 3.63) is 0 Å². The molecule has 3 unspecified atom stereocenters. The van der Waals surface area contributed by atoms with Crippen molar-refractivity contribution < 1.29 is 9.47 Å². The van der Waals surface area contributed by atoms with E-state index < -0.39 is 0 Å². The van der Waals surface area contributed by atoms with Gasteiger partial charge in [-0.1, -0.05) is 13.8 Å². The molecular formula is C16H31N3O2. The summed E-state index contributed by atoms with van der Waals surface area (Å²) < 4.78 is 11.1. The average molecular weight is 297 g/mol. The lowest BCUT2D eigenvalue weighted by Crippen LogP contribution is -2.69. The monoisotopic (exact) mass is 297 g/mol. The van der Waals surface area contributed by atoms with Crippen LogP contribution >= 0.6 is 0 Å². The van der Waals surface area contributed by atoms with Gasteiger partial charge < -0.3 is 19.7 Å². The summed E-state index contributed by atoms with van der Waals surface area (Å²) in [7, 11) is 5.76. The molecule has 1 N–H and O–H groups in total. The van der Waals surface area contributed by atoms with Gasteiger partial charge in [0.1, 0.15) is 0 Å². The van der Waals surface area contributed by atoms with E-state index in [2.05, 4.69) is 43.0 Å². The molecule has 0 aromatic heterocycles. The third-order valence-electron chi connectivity index (χ3n) is 5.71. The van der Waals surface area contributed by atoms with Gasteiger partial charge >= 0.3 is 0 Å². The molecule has 1 saturated carbocycles. The zero-order valence-corrected chi connectivity index (χ0v) is 14.4. The highest BCUT2D eigenvalue weighted by Crippen LogP contribution is 2.51. The number of hydrogen-bond donors (Lipinski definition) is 1. The first-order valence-corrected chi connectivity index (χ1v) is 7.91. The van der Waals surface area contributed by atoms with Gasteiger partial charge in [-0.3, -0.25) is 4.99 Å². The second-order valence-corrected chi connectivity index (χ2v) is 7.22. The van der Waals surface area contributed by atoms with E-state index in [1.807, 2.05) is 7.05 Å². The quantitative estimate of drug-likeness (QED) is 0.634. The van der Waals surface area contributed by atoms with Crippen LogP contribution in [0.15, 0.2) is 4.99 Å². The predicted molar refractivity (Wildman–Crippen MR) is 85.7 cm³/mol. The normalized spacial score (nSPS) is 35.4. The average Bonchev–Trinajstić information content (AvgIpc) is 2.95. The van der Waals surface area contributed by atoms with Crippen molar-refractivity contribution in [2.24, 2.45) is 16.3 Å². The fraction of sp³-hybridized carbons (Fsp3) is 0.938. The Kier molecular flexibility index (Phi) is 4.83. The molecule has 1 aliphatic carbocycles. The molecule has 2 fully saturated rings. The Morgan fingerprint density at radius 3 is 2.62 bits per heavy atom. The van der Waals surface area contributed by atoms with Crippen LogP contribution in [0.25, 0.3) is 0 Å². The van der Waals surface area contributed by atoms with Crippen LogP contribution in [0.3, 0.4) is 0 Å². The smallest absolute Gasteiger partial charge is 0.193 e. The zero-order chi connectivity index (χ0) is 15.7.